The molecule has 0 saturated carbocycles. The van der Waals surface area contributed by atoms with Crippen molar-refractivity contribution in [2.45, 2.75) is 98.9 Å². The van der Waals surface area contributed by atoms with Crippen molar-refractivity contribution in [3.8, 4) is 11.5 Å². The number of nitrogens with zero attached hydrogens (tertiary/aromatic N) is 18. The number of anilines is 4. The molecule has 0 saturated heterocycles. The quantitative estimate of drug-likeness (QED) is 0.0117. The van der Waals surface area contributed by atoms with Crippen molar-refractivity contribution < 1.29 is 55.7 Å². The molecule has 0 aliphatic rings. The molecule has 34 nitrogen and oxygen atoms in total. The molecule has 42 heteroatoms. The number of aromatic nitrogens is 2. The average molecular weight is 2150 g/mol. The SMILES string of the molecule is CN(C)c1ccc(N=Nc2ccc(C(=O)NCCSSCCNC(=O)c3ccc(N=Nc4ccc(N(C)C)cc4)cc3)cc2)cc1.CN(C)c1ccc(N=Nc2ccc(S(=O)(=O)NC(CSSCC(NS(=O)(=O)c3ccc(N=Nc4ccc(N(C)C)cc4)cc3)C(=O)O)C(=O)O)cc2)cc1.c1ccc(N=Nc2ccc(OCCCCCCCCSSCCCCCCCCOc3ccc(N=Nc4ccccn4)cc3)cc2)nc1. The molecule has 0 radical (unpaired) electrons. The van der Waals surface area contributed by atoms with Crippen LogP contribution in [0.1, 0.15) is 97.8 Å². The number of sulfonamides is 2. The molecule has 6 N–H and O–H groups in total. The minimum atomic E-state index is -4.28. The molecule has 2 heterocycles. The number of carbonyl (C=O) groups is 4. The molecule has 12 rings (SSSR count). The zero-order chi connectivity index (χ0) is 105. The Labute approximate surface area is 889 Å². The van der Waals surface area contributed by atoms with Gasteiger partial charge in [-0.15, -0.1) is 20.5 Å². The molecule has 0 fully saturated rings. The van der Waals surface area contributed by atoms with E-state index < -0.39 is 44.1 Å². The number of unbranched alkanes of at least 4 members (excludes halogenated alkanes) is 10. The van der Waals surface area contributed by atoms with Crippen molar-refractivity contribution in [1.82, 2.24) is 30.0 Å². The average Bonchev–Trinajstić information content (AvgIpc) is 0.824. The predicted molar refractivity (Wildman–Crippen MR) is 605 cm³/mol. The number of carboxylic acids is 2. The number of hydrogen-bond acceptors (Lipinski definition) is 34. The monoisotopic (exact) mass is 2150 g/mol. The first-order valence-electron chi connectivity index (χ1n) is 47.8. The summed E-state index contributed by atoms with van der Waals surface area (Å²) in [6, 6.07) is 78.5. The highest BCUT2D eigenvalue weighted by molar-refractivity contribution is 8.77. The highest BCUT2D eigenvalue weighted by Crippen LogP contribution is 2.33. The molecule has 0 aliphatic heterocycles. The molecule has 778 valence electrons. The number of carboxylic acid groups (broad SMARTS) is 2. The normalized spacial score (nSPS) is 12.0. The van der Waals surface area contributed by atoms with Crippen LogP contribution >= 0.6 is 64.8 Å². The second-order valence-corrected chi connectivity index (χ2v) is 45.0. The van der Waals surface area contributed by atoms with E-state index in [1.165, 1.54) is 124 Å². The Hall–Kier alpha value is -13.3. The van der Waals surface area contributed by atoms with Gasteiger partial charge in [0, 0.05) is 150 Å². The summed E-state index contributed by atoms with van der Waals surface area (Å²) in [6.45, 7) is 2.60. The van der Waals surface area contributed by atoms with Crippen LogP contribution in [0.15, 0.2) is 363 Å². The van der Waals surface area contributed by atoms with Crippen molar-refractivity contribution in [3.63, 3.8) is 0 Å². The van der Waals surface area contributed by atoms with Gasteiger partial charge in [-0.2, -0.15) is 50.4 Å². The molecule has 2 aromatic heterocycles. The summed E-state index contributed by atoms with van der Waals surface area (Å²) < 4.78 is 68.0. The fraction of sp³-hybridized carbons (Fsp3) is 0.302. The van der Waals surface area contributed by atoms with E-state index in [4.69, 9.17) is 9.47 Å². The van der Waals surface area contributed by atoms with Gasteiger partial charge in [0.25, 0.3) is 11.8 Å². The molecular formula is C106H124N22O12S8. The Bertz CT molecular complexity index is 6040. The molecule has 2 atom stereocenters. The Morgan fingerprint density at radius 2 is 0.541 bits per heavy atom. The maximum atomic E-state index is 13.0. The summed E-state index contributed by atoms with van der Waals surface area (Å²) in [5.74, 6) is 3.21. The first-order valence-corrected chi connectivity index (χ1v) is 58.2. The Morgan fingerprint density at radius 3 is 0.804 bits per heavy atom. The van der Waals surface area contributed by atoms with Crippen LogP contribution in [0.3, 0.4) is 0 Å². The number of pyridine rings is 2. The number of carbonyl (C=O) groups excluding carboxylic acids is 2. The standard InChI is InChI=1S/C38H48N6O2S2.C34H38N8O8S4.C34H38N8O2S2/c1(5-13-29-45-35-23-19-33(20-24-35)41-43-37-17-9-11-27-39-37)3-7-15-31-47-48-32-16-8-4-2-6-14-30-46-36-25-21-34(22-26-36)42-44-38-18-10-12-28-40-38;1-41(2)27-13-5-23(6-14-27)35-37-25-9-17-29(18-10-25)53(47,48)39-31(33(43)44)21-51-52-22-32(34(45)46)40-54(49,50)30-19-11-26(12-20-30)38-36-24-7-15-28(16-8-24)42(3)4;1-41(2)31-17-13-29(14-18-31)39-37-27-9-5-25(6-10-27)33(43)35-21-23-45-46-24-22-36-34(44)26-7-11-28(12-8-26)38-40-30-15-19-32(20-16-30)42(3)4/h9-12,17-28H,1-8,13-16,29-32H2;5-20,31-32,39-40H,21-22H2,1-4H3,(H,43,44)(H,45,46);5-20H,21-24H2,1-4H3,(H,35,43)(H,36,44). The number of aliphatic carboxylic acids is 2. The second kappa shape index (κ2) is 64.7. The number of amides is 2. The van der Waals surface area contributed by atoms with Crippen LogP contribution in [-0.2, 0) is 29.6 Å². The van der Waals surface area contributed by atoms with Gasteiger partial charge in [-0.05, 0) is 293 Å². The smallest absolute Gasteiger partial charge is 0.322 e. The summed E-state index contributed by atoms with van der Waals surface area (Å²) in [5.41, 5.74) is 11.7. The highest BCUT2D eigenvalue weighted by Gasteiger charge is 2.29. The van der Waals surface area contributed by atoms with E-state index in [0.29, 0.717) is 70.0 Å². The third-order valence-corrected chi connectivity index (χ3v) is 31.7. The summed E-state index contributed by atoms with van der Waals surface area (Å²) in [7, 11) is 16.2. The lowest BCUT2D eigenvalue weighted by molar-refractivity contribution is -0.139. The van der Waals surface area contributed by atoms with Gasteiger partial charge >= 0.3 is 11.9 Å². The van der Waals surface area contributed by atoms with E-state index >= 15 is 0 Å². The van der Waals surface area contributed by atoms with Gasteiger partial charge in [-0.25, -0.2) is 26.8 Å². The van der Waals surface area contributed by atoms with Crippen molar-refractivity contribution in [2.24, 2.45) is 61.4 Å². The van der Waals surface area contributed by atoms with Gasteiger partial charge in [0.05, 0.1) is 79.9 Å². The van der Waals surface area contributed by atoms with E-state index in [9.17, 15) is 46.2 Å². The molecule has 148 heavy (non-hydrogen) atoms. The van der Waals surface area contributed by atoms with E-state index in [2.05, 4.69) is 113 Å². The lowest BCUT2D eigenvalue weighted by Crippen LogP contribution is -2.43. The van der Waals surface area contributed by atoms with E-state index in [0.717, 1.165) is 116 Å². The molecule has 10 aromatic carbocycles. The van der Waals surface area contributed by atoms with E-state index in [-0.39, 0.29) is 33.1 Å². The van der Waals surface area contributed by atoms with Crippen molar-refractivity contribution in [1.29, 1.82) is 0 Å². The molecular weight excluding hydrogens is 2030 g/mol. The predicted octanol–water partition coefficient (Wildman–Crippen LogP) is 27.2. The molecule has 12 aromatic rings. The molecule has 0 aliphatic carbocycles. The van der Waals surface area contributed by atoms with Crippen molar-refractivity contribution in [3.05, 3.63) is 303 Å². The zero-order valence-corrected chi connectivity index (χ0v) is 90.2. The van der Waals surface area contributed by atoms with Crippen molar-refractivity contribution >= 4 is 200 Å². The van der Waals surface area contributed by atoms with Crippen LogP contribution in [0.5, 0.6) is 11.5 Å². The summed E-state index contributed by atoms with van der Waals surface area (Å²) in [5, 5.41) is 75.5. The molecule has 0 bridgehead atoms. The van der Waals surface area contributed by atoms with Gasteiger partial charge in [0.15, 0.2) is 11.6 Å². The van der Waals surface area contributed by atoms with Crippen LogP contribution in [0, 0.1) is 0 Å². The van der Waals surface area contributed by atoms with E-state index in [1.54, 1.807) is 107 Å². The van der Waals surface area contributed by atoms with Crippen LogP contribution in [0.4, 0.5) is 91.3 Å². The third-order valence-electron chi connectivity index (χ3n) is 21.3. The summed E-state index contributed by atoms with van der Waals surface area (Å²) in [6.07, 6.45) is 18.6. The number of ether oxygens (including phenoxy) is 2. The van der Waals surface area contributed by atoms with Gasteiger partial charge in [-0.1, -0.05) is 128 Å². The molecule has 2 amide bonds. The topological polar surface area (TPSA) is 431 Å². The molecule has 0 spiro atoms. The maximum absolute atomic E-state index is 13.0. The van der Waals surface area contributed by atoms with Crippen LogP contribution in [0.2, 0.25) is 0 Å². The first-order chi connectivity index (χ1) is 71.7. The maximum Gasteiger partial charge on any atom is 0.322 e. The minimum absolute atomic E-state index is 0.133. The Balaban J connectivity index is 0.000000228. The zero-order valence-electron chi connectivity index (χ0n) is 83.7. The summed E-state index contributed by atoms with van der Waals surface area (Å²) >= 11 is 0. The Kier molecular flexibility index (Phi) is 51.0. The fourth-order valence-electron chi connectivity index (χ4n) is 13.0. The van der Waals surface area contributed by atoms with E-state index in [1.807, 2.05) is 234 Å². The highest BCUT2D eigenvalue weighted by atomic mass is 33.1. The van der Waals surface area contributed by atoms with Gasteiger partial charge in [0.2, 0.25) is 20.0 Å². The van der Waals surface area contributed by atoms with Crippen LogP contribution < -0.4 is 49.2 Å². The van der Waals surface area contributed by atoms with Crippen LogP contribution in [-0.4, -0.2) is 190 Å². The van der Waals surface area contributed by atoms with Gasteiger partial charge < -0.3 is 49.9 Å². The first kappa shape index (κ1) is 117. The number of hydrogen-bond donors (Lipinski definition) is 6. The number of azo groups is 6. The molecule has 2 unspecified atom stereocenters. The third kappa shape index (κ3) is 44.4. The number of nitrogens with one attached hydrogen (secondary N) is 4. The van der Waals surface area contributed by atoms with Crippen molar-refractivity contribution in [2.75, 3.05) is 137 Å². The van der Waals surface area contributed by atoms with Gasteiger partial charge in [-0.3, -0.25) is 19.2 Å². The largest absolute Gasteiger partial charge is 0.494 e. The van der Waals surface area contributed by atoms with Gasteiger partial charge in [0.1, 0.15) is 23.6 Å². The number of rotatable bonds is 59. The lowest BCUT2D eigenvalue weighted by Gasteiger charge is -2.16. The fourth-order valence-corrected chi connectivity index (χ4v) is 22.0. The van der Waals surface area contributed by atoms with Crippen LogP contribution in [0.25, 0.3) is 0 Å². The second-order valence-electron chi connectivity index (χ2n) is 33.6. The number of benzene rings is 10. The Morgan fingerprint density at radius 1 is 0.297 bits per heavy atom. The lowest BCUT2D eigenvalue weighted by atomic mass is 10.1. The summed E-state index contributed by atoms with van der Waals surface area (Å²) in [4.78, 5) is 64.6. The minimum Gasteiger partial charge on any atom is -0.494 e.